The van der Waals surface area contributed by atoms with E-state index in [9.17, 15) is 14.7 Å². The lowest BCUT2D eigenvalue weighted by atomic mass is 10.1. The molecule has 1 aromatic carbocycles. The lowest BCUT2D eigenvalue weighted by Gasteiger charge is -2.24. The lowest BCUT2D eigenvalue weighted by molar-refractivity contribution is -0.127. The highest BCUT2D eigenvalue weighted by Gasteiger charge is 2.24. The van der Waals surface area contributed by atoms with Crippen molar-refractivity contribution in [2.45, 2.75) is 26.4 Å². The molecule has 0 fully saturated rings. The highest BCUT2D eigenvalue weighted by Crippen LogP contribution is 2.08. The summed E-state index contributed by atoms with van der Waals surface area (Å²) in [7, 11) is 1.51. The predicted octanol–water partition coefficient (Wildman–Crippen LogP) is 1.41. The molecule has 4 heteroatoms. The number of ketones is 1. The van der Waals surface area contributed by atoms with Gasteiger partial charge in [-0.05, 0) is 20.8 Å². The van der Waals surface area contributed by atoms with Crippen molar-refractivity contribution in [2.24, 2.45) is 0 Å². The first-order valence-electron chi connectivity index (χ1n) is 5.79. The Bertz CT molecular complexity index is 443. The smallest absolute Gasteiger partial charge is 0.294 e. The summed E-state index contributed by atoms with van der Waals surface area (Å²) in [6.45, 7) is 5.21. The zero-order valence-electron chi connectivity index (χ0n) is 11.2. The van der Waals surface area contributed by atoms with Gasteiger partial charge in [-0.3, -0.25) is 9.59 Å². The van der Waals surface area contributed by atoms with Gasteiger partial charge < -0.3 is 10.0 Å². The number of nitrogens with zero attached hydrogens (tertiary/aromatic N) is 1. The summed E-state index contributed by atoms with van der Waals surface area (Å²) in [5.41, 5.74) is 0.384. The normalized spacial score (nSPS) is 11.2. The minimum absolute atomic E-state index is 0.115. The predicted molar refractivity (Wildman–Crippen MR) is 69.4 cm³/mol. The maximum atomic E-state index is 11.9. The van der Waals surface area contributed by atoms with Crippen LogP contribution in [0.25, 0.3) is 0 Å². The fourth-order valence-corrected chi connectivity index (χ4v) is 1.65. The molecule has 98 valence electrons. The highest BCUT2D eigenvalue weighted by atomic mass is 16.3. The summed E-state index contributed by atoms with van der Waals surface area (Å²) in [6.07, 6.45) is 0. The summed E-state index contributed by atoms with van der Waals surface area (Å²) in [5, 5.41) is 9.62. The largest absolute Gasteiger partial charge is 0.389 e. The van der Waals surface area contributed by atoms with Crippen LogP contribution in [0, 0.1) is 6.92 Å². The summed E-state index contributed by atoms with van der Waals surface area (Å²) < 4.78 is 0. The zero-order chi connectivity index (χ0) is 13.9. The quantitative estimate of drug-likeness (QED) is 0.648. The molecular formula is C14H19NO3. The van der Waals surface area contributed by atoms with Gasteiger partial charge in [0.25, 0.3) is 5.91 Å². The van der Waals surface area contributed by atoms with E-state index in [2.05, 4.69) is 0 Å². The molecule has 1 N–H and O–H groups in total. The molecule has 0 unspecified atom stereocenters. The number of benzene rings is 1. The van der Waals surface area contributed by atoms with Crippen molar-refractivity contribution in [1.82, 2.24) is 4.90 Å². The number of aliphatic hydroxyl groups is 1. The summed E-state index contributed by atoms with van der Waals surface area (Å²) in [5.74, 6) is -1.16. The van der Waals surface area contributed by atoms with E-state index in [1.54, 1.807) is 38.1 Å². The van der Waals surface area contributed by atoms with Crippen molar-refractivity contribution in [3.05, 3.63) is 35.4 Å². The third-order valence-corrected chi connectivity index (χ3v) is 2.48. The second-order valence-electron chi connectivity index (χ2n) is 5.17. The number of Topliss-reactive ketones (excluding diaryl/α,β-unsaturated/α-hetero) is 1. The summed E-state index contributed by atoms with van der Waals surface area (Å²) in [4.78, 5) is 25.0. The number of aryl methyl sites for hydroxylation is 1. The molecule has 0 aliphatic heterocycles. The average molecular weight is 249 g/mol. The molecule has 0 heterocycles. The monoisotopic (exact) mass is 249 g/mol. The van der Waals surface area contributed by atoms with E-state index in [0.29, 0.717) is 5.56 Å². The van der Waals surface area contributed by atoms with Crippen molar-refractivity contribution in [1.29, 1.82) is 0 Å². The van der Waals surface area contributed by atoms with Crippen LogP contribution < -0.4 is 0 Å². The van der Waals surface area contributed by atoms with Gasteiger partial charge in [0, 0.05) is 19.2 Å². The zero-order valence-corrected chi connectivity index (χ0v) is 11.2. The van der Waals surface area contributed by atoms with Crippen LogP contribution in [-0.2, 0) is 4.79 Å². The fourth-order valence-electron chi connectivity index (χ4n) is 1.65. The molecular weight excluding hydrogens is 230 g/mol. The molecule has 0 saturated carbocycles. The van der Waals surface area contributed by atoms with E-state index in [4.69, 9.17) is 0 Å². The molecule has 4 nitrogen and oxygen atoms in total. The third-order valence-electron chi connectivity index (χ3n) is 2.48. The van der Waals surface area contributed by atoms with Crippen LogP contribution in [0.15, 0.2) is 24.3 Å². The number of likely N-dealkylation sites (N-methyl/N-ethyl adjacent to an activating group) is 1. The first kappa shape index (κ1) is 14.4. The molecule has 0 spiro atoms. The number of carbonyl (C=O) groups is 2. The van der Waals surface area contributed by atoms with E-state index in [1.807, 2.05) is 6.92 Å². The van der Waals surface area contributed by atoms with Crippen LogP contribution >= 0.6 is 0 Å². The van der Waals surface area contributed by atoms with Gasteiger partial charge in [-0.1, -0.05) is 29.8 Å². The standard InChI is InChI=1S/C14H19NO3/c1-10-5-7-11(8-6-10)12(16)13(17)15(4)9-14(2,3)18/h5-8,18H,9H2,1-4H3. The lowest BCUT2D eigenvalue weighted by Crippen LogP contribution is -2.42. The van der Waals surface area contributed by atoms with E-state index < -0.39 is 17.3 Å². The Labute approximate surface area is 107 Å². The molecule has 0 radical (unpaired) electrons. The Balaban J connectivity index is 2.78. The van der Waals surface area contributed by atoms with Gasteiger partial charge in [-0.15, -0.1) is 0 Å². The van der Waals surface area contributed by atoms with Crippen molar-refractivity contribution >= 4 is 11.7 Å². The molecule has 0 saturated heterocycles. The van der Waals surface area contributed by atoms with Gasteiger partial charge in [0.1, 0.15) is 0 Å². The second-order valence-corrected chi connectivity index (χ2v) is 5.17. The number of amides is 1. The van der Waals surface area contributed by atoms with E-state index in [-0.39, 0.29) is 6.54 Å². The van der Waals surface area contributed by atoms with Gasteiger partial charge in [0.05, 0.1) is 5.60 Å². The number of carbonyl (C=O) groups excluding carboxylic acids is 2. The van der Waals surface area contributed by atoms with Crippen molar-refractivity contribution in [3.63, 3.8) is 0 Å². The molecule has 0 aliphatic carbocycles. The molecule has 0 atom stereocenters. The summed E-state index contributed by atoms with van der Waals surface area (Å²) >= 11 is 0. The van der Waals surface area contributed by atoms with Gasteiger partial charge >= 0.3 is 0 Å². The Hall–Kier alpha value is -1.68. The van der Waals surface area contributed by atoms with Gasteiger partial charge in [-0.2, -0.15) is 0 Å². The van der Waals surface area contributed by atoms with Crippen LogP contribution in [0.3, 0.4) is 0 Å². The molecule has 18 heavy (non-hydrogen) atoms. The maximum absolute atomic E-state index is 11.9. The summed E-state index contributed by atoms with van der Waals surface area (Å²) in [6, 6.07) is 6.84. The van der Waals surface area contributed by atoms with Crippen LogP contribution in [0.1, 0.15) is 29.8 Å². The Kier molecular flexibility index (Phi) is 4.24. The average Bonchev–Trinajstić information content (AvgIpc) is 2.26. The molecule has 0 aliphatic rings. The van der Waals surface area contributed by atoms with E-state index in [0.717, 1.165) is 5.56 Å². The number of hydrogen-bond acceptors (Lipinski definition) is 3. The molecule has 1 amide bonds. The fraction of sp³-hybridized carbons (Fsp3) is 0.429. The molecule has 0 aromatic heterocycles. The SMILES string of the molecule is Cc1ccc(C(=O)C(=O)N(C)CC(C)(C)O)cc1. The number of hydrogen-bond donors (Lipinski definition) is 1. The Morgan fingerprint density at radius 2 is 1.72 bits per heavy atom. The molecule has 1 rings (SSSR count). The van der Waals surface area contributed by atoms with Gasteiger partial charge in [-0.25, -0.2) is 0 Å². The molecule has 1 aromatic rings. The van der Waals surface area contributed by atoms with Crippen LogP contribution in [0.4, 0.5) is 0 Å². The van der Waals surface area contributed by atoms with Crippen LogP contribution in [-0.4, -0.2) is 40.9 Å². The van der Waals surface area contributed by atoms with Crippen molar-refractivity contribution in [3.8, 4) is 0 Å². The molecule has 0 bridgehead atoms. The Morgan fingerprint density at radius 3 is 2.17 bits per heavy atom. The second kappa shape index (κ2) is 5.31. The van der Waals surface area contributed by atoms with Crippen molar-refractivity contribution < 1.29 is 14.7 Å². The third kappa shape index (κ3) is 3.96. The van der Waals surface area contributed by atoms with Gasteiger partial charge in [0.2, 0.25) is 5.78 Å². The number of rotatable bonds is 4. The topological polar surface area (TPSA) is 57.6 Å². The first-order chi connectivity index (χ1) is 8.20. The van der Waals surface area contributed by atoms with E-state index >= 15 is 0 Å². The maximum Gasteiger partial charge on any atom is 0.294 e. The van der Waals surface area contributed by atoms with E-state index in [1.165, 1.54) is 11.9 Å². The first-order valence-corrected chi connectivity index (χ1v) is 5.79. The van der Waals surface area contributed by atoms with Crippen molar-refractivity contribution in [2.75, 3.05) is 13.6 Å². The van der Waals surface area contributed by atoms with Crippen LogP contribution in [0.5, 0.6) is 0 Å². The Morgan fingerprint density at radius 1 is 1.22 bits per heavy atom. The highest BCUT2D eigenvalue weighted by molar-refractivity contribution is 6.42. The minimum Gasteiger partial charge on any atom is -0.389 e. The minimum atomic E-state index is -1.02. The van der Waals surface area contributed by atoms with Gasteiger partial charge in [0.15, 0.2) is 0 Å². The van der Waals surface area contributed by atoms with Crippen LogP contribution in [0.2, 0.25) is 0 Å².